The molecule has 0 bridgehead atoms. The van der Waals surface area contributed by atoms with Crippen LogP contribution in [-0.4, -0.2) is 19.2 Å². The predicted molar refractivity (Wildman–Crippen MR) is 113 cm³/mol. The van der Waals surface area contributed by atoms with Crippen molar-refractivity contribution in [1.82, 2.24) is 19.2 Å². The van der Waals surface area contributed by atoms with Crippen LogP contribution in [0.4, 0.5) is 5.82 Å². The predicted octanol–water partition coefficient (Wildman–Crippen LogP) is 4.47. The molecule has 0 aliphatic rings. The topological polar surface area (TPSA) is 70.9 Å². The molecule has 5 rings (SSSR count). The van der Waals surface area contributed by atoms with Crippen LogP contribution in [0.1, 0.15) is 16.7 Å². The van der Waals surface area contributed by atoms with Gasteiger partial charge in [0, 0.05) is 18.3 Å². The molecule has 0 saturated carbocycles. The minimum atomic E-state index is 0.601. The van der Waals surface area contributed by atoms with Crippen molar-refractivity contribution in [2.24, 2.45) is 0 Å². The zero-order chi connectivity index (χ0) is 19.8. The van der Waals surface area contributed by atoms with Crippen LogP contribution in [0, 0.1) is 18.3 Å². The number of rotatable bonds is 4. The van der Waals surface area contributed by atoms with Crippen molar-refractivity contribution >= 4 is 22.5 Å². The molecule has 0 fully saturated rings. The van der Waals surface area contributed by atoms with Gasteiger partial charge in [-0.3, -0.25) is 4.40 Å². The summed E-state index contributed by atoms with van der Waals surface area (Å²) in [4.78, 5) is 4.69. The highest BCUT2D eigenvalue weighted by Gasteiger charge is 2.15. The molecule has 6 nitrogen and oxygen atoms in total. The molecule has 2 aromatic carbocycles. The van der Waals surface area contributed by atoms with E-state index in [1.165, 1.54) is 0 Å². The number of aryl methyl sites for hydroxylation is 1. The van der Waals surface area contributed by atoms with Crippen LogP contribution in [0.2, 0.25) is 0 Å². The molecule has 0 saturated heterocycles. The van der Waals surface area contributed by atoms with Crippen LogP contribution in [0.25, 0.3) is 22.4 Å². The first kappa shape index (κ1) is 17.0. The molecule has 0 aliphatic heterocycles. The van der Waals surface area contributed by atoms with E-state index < -0.39 is 0 Å². The lowest BCUT2D eigenvalue weighted by molar-refractivity contribution is 0.880. The maximum atomic E-state index is 9.62. The fourth-order valence-electron chi connectivity index (χ4n) is 3.59. The maximum Gasteiger partial charge on any atom is 0.157 e. The van der Waals surface area contributed by atoms with Crippen LogP contribution in [0.3, 0.4) is 0 Å². The van der Waals surface area contributed by atoms with Crippen molar-refractivity contribution in [3.63, 3.8) is 0 Å². The number of hydrogen-bond donors (Lipinski definition) is 1. The normalized spacial score (nSPS) is 11.0. The van der Waals surface area contributed by atoms with E-state index in [9.17, 15) is 5.26 Å². The number of nitriles is 1. The summed E-state index contributed by atoms with van der Waals surface area (Å²) in [5, 5.41) is 17.6. The average molecular weight is 378 g/mol. The number of nitrogens with zero attached hydrogens (tertiary/aromatic N) is 5. The summed E-state index contributed by atoms with van der Waals surface area (Å²) in [7, 11) is 0. The van der Waals surface area contributed by atoms with E-state index in [2.05, 4.69) is 16.5 Å². The first-order chi connectivity index (χ1) is 14.2. The van der Waals surface area contributed by atoms with Gasteiger partial charge in [-0.25, -0.2) is 9.67 Å². The Balaban J connectivity index is 1.53. The van der Waals surface area contributed by atoms with Gasteiger partial charge in [-0.1, -0.05) is 30.3 Å². The van der Waals surface area contributed by atoms with Gasteiger partial charge in [-0.05, 0) is 42.8 Å². The number of benzene rings is 2. The quantitative estimate of drug-likeness (QED) is 0.501. The Bertz CT molecular complexity index is 1370. The molecule has 0 unspecified atom stereocenters. The van der Waals surface area contributed by atoms with Crippen LogP contribution < -0.4 is 5.32 Å². The highest BCUT2D eigenvalue weighted by atomic mass is 15.3. The Morgan fingerprint density at radius 1 is 1.07 bits per heavy atom. The number of anilines is 1. The number of hydrogen-bond acceptors (Lipinski definition) is 4. The lowest BCUT2D eigenvalue weighted by Gasteiger charge is -2.11. The minimum Gasteiger partial charge on any atom is -0.367 e. The van der Waals surface area contributed by atoms with Gasteiger partial charge in [0.05, 0.1) is 28.5 Å². The minimum absolute atomic E-state index is 0.601. The third-order valence-electron chi connectivity index (χ3n) is 5.02. The second-order valence-corrected chi connectivity index (χ2v) is 6.94. The Kier molecular flexibility index (Phi) is 3.99. The summed E-state index contributed by atoms with van der Waals surface area (Å²) in [6.45, 7) is 2.55. The van der Waals surface area contributed by atoms with E-state index in [0.717, 1.165) is 33.7 Å². The first-order valence-electron chi connectivity index (χ1n) is 9.38. The molecule has 5 aromatic rings. The number of imidazole rings is 1. The second-order valence-electron chi connectivity index (χ2n) is 6.94. The van der Waals surface area contributed by atoms with Crippen molar-refractivity contribution < 1.29 is 0 Å². The molecule has 0 radical (unpaired) electrons. The smallest absolute Gasteiger partial charge is 0.157 e. The highest BCUT2D eigenvalue weighted by Crippen LogP contribution is 2.26. The molecule has 0 amide bonds. The summed E-state index contributed by atoms with van der Waals surface area (Å²) in [5.41, 5.74) is 6.11. The van der Waals surface area contributed by atoms with Gasteiger partial charge in [0.1, 0.15) is 11.9 Å². The summed E-state index contributed by atoms with van der Waals surface area (Å²) in [6, 6.07) is 22.2. The summed E-state index contributed by atoms with van der Waals surface area (Å²) in [6.07, 6.45) is 3.88. The fraction of sp³-hybridized carbons (Fsp3) is 0.0870. The molecule has 3 heterocycles. The number of nitrogens with one attached hydrogen (secondary N) is 1. The van der Waals surface area contributed by atoms with E-state index >= 15 is 0 Å². The number of pyridine rings is 1. The summed E-state index contributed by atoms with van der Waals surface area (Å²) in [5.74, 6) is 0.901. The van der Waals surface area contributed by atoms with Crippen molar-refractivity contribution in [2.45, 2.75) is 13.5 Å². The largest absolute Gasteiger partial charge is 0.367 e. The van der Waals surface area contributed by atoms with E-state index in [1.807, 2.05) is 89.1 Å². The molecule has 6 heteroatoms. The molecule has 1 N–H and O–H groups in total. The Labute approximate surface area is 167 Å². The third kappa shape index (κ3) is 2.89. The van der Waals surface area contributed by atoms with E-state index in [-0.39, 0.29) is 0 Å². The average Bonchev–Trinajstić information content (AvgIpc) is 3.38. The highest BCUT2D eigenvalue weighted by molar-refractivity contribution is 5.85. The lowest BCUT2D eigenvalue weighted by atomic mass is 10.1. The first-order valence-corrected chi connectivity index (χ1v) is 9.38. The van der Waals surface area contributed by atoms with Crippen LogP contribution in [0.15, 0.2) is 73.1 Å². The molecule has 0 atom stereocenters. The van der Waals surface area contributed by atoms with Crippen molar-refractivity contribution in [2.75, 3.05) is 5.32 Å². The fourth-order valence-corrected chi connectivity index (χ4v) is 3.59. The zero-order valence-electron chi connectivity index (χ0n) is 15.9. The molecule has 0 aliphatic carbocycles. The van der Waals surface area contributed by atoms with Crippen LogP contribution >= 0.6 is 0 Å². The van der Waals surface area contributed by atoms with E-state index in [0.29, 0.717) is 17.8 Å². The molecule has 140 valence electrons. The van der Waals surface area contributed by atoms with Gasteiger partial charge in [0.15, 0.2) is 5.65 Å². The number of para-hydroxylation sites is 3. The lowest BCUT2D eigenvalue weighted by Crippen LogP contribution is -2.06. The van der Waals surface area contributed by atoms with Crippen LogP contribution in [-0.2, 0) is 6.54 Å². The zero-order valence-corrected chi connectivity index (χ0v) is 15.9. The number of fused-ring (bicyclic) bond motifs is 3. The van der Waals surface area contributed by atoms with Gasteiger partial charge in [0.25, 0.3) is 0 Å². The Morgan fingerprint density at radius 3 is 2.69 bits per heavy atom. The molecule has 3 aromatic heterocycles. The maximum absolute atomic E-state index is 9.62. The monoisotopic (exact) mass is 378 g/mol. The Morgan fingerprint density at radius 2 is 1.86 bits per heavy atom. The van der Waals surface area contributed by atoms with Gasteiger partial charge in [0.2, 0.25) is 0 Å². The Hall–Kier alpha value is -4.11. The van der Waals surface area contributed by atoms with Gasteiger partial charge >= 0.3 is 0 Å². The van der Waals surface area contributed by atoms with Gasteiger partial charge in [-0.15, -0.1) is 0 Å². The van der Waals surface area contributed by atoms with Crippen LogP contribution in [0.5, 0.6) is 0 Å². The van der Waals surface area contributed by atoms with Gasteiger partial charge in [-0.2, -0.15) is 10.4 Å². The SMILES string of the molecule is Cc1cc(NCc2cnn(-c3ccccc3)c2)n2c(nc3ccccc32)c1C#N. The molecule has 0 spiro atoms. The van der Waals surface area contributed by atoms with E-state index in [4.69, 9.17) is 4.98 Å². The van der Waals surface area contributed by atoms with Crippen molar-refractivity contribution in [3.8, 4) is 11.8 Å². The van der Waals surface area contributed by atoms with Crippen molar-refractivity contribution in [3.05, 3.63) is 89.7 Å². The molecule has 29 heavy (non-hydrogen) atoms. The second kappa shape index (κ2) is 6.80. The standard InChI is InChI=1S/C23H18N6/c1-16-11-22(25-13-17-14-26-28(15-17)18-7-3-2-4-8-18)29-21-10-6-5-9-20(21)27-23(29)19(16)12-24/h2-11,14-15,25H,13H2,1H3. The van der Waals surface area contributed by atoms with Crippen molar-refractivity contribution in [1.29, 1.82) is 5.26 Å². The molecular weight excluding hydrogens is 360 g/mol. The number of aromatic nitrogens is 4. The summed E-state index contributed by atoms with van der Waals surface area (Å²) < 4.78 is 3.88. The van der Waals surface area contributed by atoms with Gasteiger partial charge < -0.3 is 5.32 Å². The summed E-state index contributed by atoms with van der Waals surface area (Å²) >= 11 is 0. The van der Waals surface area contributed by atoms with E-state index in [1.54, 1.807) is 0 Å². The third-order valence-corrected chi connectivity index (χ3v) is 5.02. The molecular formula is C23H18N6.